The van der Waals surface area contributed by atoms with E-state index in [0.717, 1.165) is 17.1 Å². The Morgan fingerprint density at radius 1 is 1.14 bits per heavy atom. The minimum Gasteiger partial charge on any atom is -0.399 e. The molecule has 0 fully saturated rings. The van der Waals surface area contributed by atoms with Gasteiger partial charge in [0, 0.05) is 23.6 Å². The lowest BCUT2D eigenvalue weighted by Crippen LogP contribution is -1.98. The summed E-state index contributed by atoms with van der Waals surface area (Å²) in [4.78, 5) is 4.37. The van der Waals surface area contributed by atoms with Crippen molar-refractivity contribution in [1.82, 2.24) is 9.55 Å². The summed E-state index contributed by atoms with van der Waals surface area (Å²) < 4.78 is 1.88. The minimum absolute atomic E-state index is 0.503. The van der Waals surface area contributed by atoms with Crippen LogP contribution in [0.2, 0.25) is 5.02 Å². The highest BCUT2D eigenvalue weighted by atomic mass is 35.5. The Labute approximate surface area is 127 Å². The number of aromatic nitrogens is 2. The molecule has 0 bridgehead atoms. The molecule has 0 aliphatic carbocycles. The Balaban J connectivity index is 2.11. The Morgan fingerprint density at radius 3 is 2.57 bits per heavy atom. The first-order chi connectivity index (χ1) is 10.2. The highest BCUT2D eigenvalue weighted by Crippen LogP contribution is 2.27. The van der Waals surface area contributed by atoms with E-state index in [-0.39, 0.29) is 0 Å². The Morgan fingerprint density at radius 2 is 1.90 bits per heavy atom. The average Bonchev–Trinajstić information content (AvgIpc) is 2.97. The van der Waals surface area contributed by atoms with Crippen molar-refractivity contribution in [2.75, 3.05) is 5.73 Å². The molecule has 21 heavy (non-hydrogen) atoms. The number of anilines is 1. The molecule has 2 aromatic carbocycles. The molecule has 1 heterocycles. The second kappa shape index (κ2) is 5.31. The number of nitrogens with zero attached hydrogens (tertiary/aromatic N) is 3. The van der Waals surface area contributed by atoms with Crippen LogP contribution >= 0.6 is 11.6 Å². The van der Waals surface area contributed by atoms with Crippen molar-refractivity contribution in [3.8, 4) is 23.1 Å². The van der Waals surface area contributed by atoms with Crippen LogP contribution in [0.1, 0.15) is 5.56 Å². The van der Waals surface area contributed by atoms with Crippen molar-refractivity contribution >= 4 is 17.3 Å². The van der Waals surface area contributed by atoms with Gasteiger partial charge in [-0.15, -0.1) is 0 Å². The van der Waals surface area contributed by atoms with E-state index in [4.69, 9.17) is 22.6 Å². The van der Waals surface area contributed by atoms with Crippen LogP contribution in [0.25, 0.3) is 17.1 Å². The fraction of sp³-hybridized carbons (Fsp3) is 0. The molecule has 0 radical (unpaired) electrons. The molecular weight excluding hydrogens is 284 g/mol. The van der Waals surface area contributed by atoms with Crippen LogP contribution in [0.3, 0.4) is 0 Å². The molecule has 102 valence electrons. The molecule has 3 rings (SSSR count). The maximum atomic E-state index is 8.90. The summed E-state index contributed by atoms with van der Waals surface area (Å²) >= 11 is 6.26. The van der Waals surface area contributed by atoms with Crippen molar-refractivity contribution in [2.24, 2.45) is 0 Å². The number of nitrogen functional groups attached to an aromatic ring is 1. The van der Waals surface area contributed by atoms with E-state index >= 15 is 0 Å². The van der Waals surface area contributed by atoms with Crippen molar-refractivity contribution in [3.63, 3.8) is 0 Å². The summed E-state index contributed by atoms with van der Waals surface area (Å²) in [5, 5.41) is 9.41. The maximum absolute atomic E-state index is 8.90. The second-order valence-corrected chi connectivity index (χ2v) is 4.93. The van der Waals surface area contributed by atoms with Crippen molar-refractivity contribution in [3.05, 3.63) is 65.4 Å². The fourth-order valence-electron chi connectivity index (χ4n) is 2.12. The van der Waals surface area contributed by atoms with Gasteiger partial charge in [-0.25, -0.2) is 4.98 Å². The number of imidazole rings is 1. The molecule has 0 aliphatic rings. The Bertz CT molecular complexity index is 828. The van der Waals surface area contributed by atoms with Gasteiger partial charge in [-0.05, 0) is 42.5 Å². The molecule has 0 amide bonds. The number of hydrogen-bond acceptors (Lipinski definition) is 3. The van der Waals surface area contributed by atoms with E-state index in [1.54, 1.807) is 18.3 Å². The van der Waals surface area contributed by atoms with E-state index in [1.165, 1.54) is 0 Å². The molecular formula is C16H11ClN4. The molecule has 4 nitrogen and oxygen atoms in total. The standard InChI is InChI=1S/C16H11ClN4/c17-14-9-11(10-18)1-6-15(14)21-8-7-20-16(21)12-2-4-13(19)5-3-12/h1-9H,19H2. The zero-order chi connectivity index (χ0) is 14.8. The number of benzene rings is 2. The molecule has 0 unspecified atom stereocenters. The first kappa shape index (κ1) is 13.2. The van der Waals surface area contributed by atoms with Crippen molar-refractivity contribution in [2.45, 2.75) is 0 Å². The lowest BCUT2D eigenvalue weighted by molar-refractivity contribution is 1.07. The number of nitriles is 1. The summed E-state index contributed by atoms with van der Waals surface area (Å²) in [6.07, 6.45) is 3.54. The first-order valence-electron chi connectivity index (χ1n) is 6.28. The highest BCUT2D eigenvalue weighted by molar-refractivity contribution is 6.32. The van der Waals surface area contributed by atoms with E-state index in [2.05, 4.69) is 11.1 Å². The fourth-order valence-corrected chi connectivity index (χ4v) is 2.39. The quantitative estimate of drug-likeness (QED) is 0.734. The molecule has 0 spiro atoms. The van der Waals surface area contributed by atoms with E-state index < -0.39 is 0 Å². The molecule has 3 aromatic rings. The van der Waals surface area contributed by atoms with Gasteiger partial charge in [0.05, 0.1) is 22.3 Å². The number of nitrogens with two attached hydrogens (primary N) is 1. The molecule has 0 saturated carbocycles. The van der Waals surface area contributed by atoms with Gasteiger partial charge in [0.2, 0.25) is 0 Å². The number of halogens is 1. The Hall–Kier alpha value is -2.77. The van der Waals surface area contributed by atoms with Gasteiger partial charge in [-0.3, -0.25) is 4.57 Å². The third-order valence-electron chi connectivity index (χ3n) is 3.15. The summed E-state index contributed by atoms with van der Waals surface area (Å²) in [5.41, 5.74) is 8.65. The SMILES string of the molecule is N#Cc1ccc(-n2ccnc2-c2ccc(N)cc2)c(Cl)c1. The van der Waals surface area contributed by atoms with Crippen LogP contribution in [0.15, 0.2) is 54.9 Å². The second-order valence-electron chi connectivity index (χ2n) is 4.52. The van der Waals surface area contributed by atoms with Gasteiger partial charge in [-0.2, -0.15) is 5.26 Å². The lowest BCUT2D eigenvalue weighted by atomic mass is 10.2. The predicted octanol–water partition coefficient (Wildman–Crippen LogP) is 3.65. The number of hydrogen-bond donors (Lipinski definition) is 1. The van der Waals surface area contributed by atoms with E-state index in [1.807, 2.05) is 41.1 Å². The third kappa shape index (κ3) is 2.47. The van der Waals surface area contributed by atoms with Crippen LogP contribution in [0.5, 0.6) is 0 Å². The molecule has 5 heteroatoms. The third-order valence-corrected chi connectivity index (χ3v) is 3.45. The monoisotopic (exact) mass is 294 g/mol. The highest BCUT2D eigenvalue weighted by Gasteiger charge is 2.10. The van der Waals surface area contributed by atoms with Gasteiger partial charge in [0.15, 0.2) is 0 Å². The zero-order valence-corrected chi connectivity index (χ0v) is 11.7. The first-order valence-corrected chi connectivity index (χ1v) is 6.66. The van der Waals surface area contributed by atoms with Crippen molar-refractivity contribution in [1.29, 1.82) is 5.26 Å². The smallest absolute Gasteiger partial charge is 0.144 e. The van der Waals surface area contributed by atoms with Crippen LogP contribution in [0.4, 0.5) is 5.69 Å². The van der Waals surface area contributed by atoms with Crippen molar-refractivity contribution < 1.29 is 0 Å². The zero-order valence-electron chi connectivity index (χ0n) is 11.0. The van der Waals surface area contributed by atoms with E-state index in [9.17, 15) is 0 Å². The molecule has 1 aromatic heterocycles. The van der Waals surface area contributed by atoms with Gasteiger partial charge >= 0.3 is 0 Å². The Kier molecular flexibility index (Phi) is 3.35. The summed E-state index contributed by atoms with van der Waals surface area (Å²) in [5.74, 6) is 0.765. The molecule has 0 saturated heterocycles. The lowest BCUT2D eigenvalue weighted by Gasteiger charge is -2.10. The normalized spacial score (nSPS) is 10.3. The summed E-state index contributed by atoms with van der Waals surface area (Å²) in [6.45, 7) is 0. The van der Waals surface area contributed by atoms with Gasteiger partial charge in [0.1, 0.15) is 5.82 Å². The van der Waals surface area contributed by atoms with Crippen LogP contribution in [-0.4, -0.2) is 9.55 Å². The predicted molar refractivity (Wildman–Crippen MR) is 83.1 cm³/mol. The summed E-state index contributed by atoms with van der Waals surface area (Å²) in [7, 11) is 0. The minimum atomic E-state index is 0.503. The van der Waals surface area contributed by atoms with E-state index in [0.29, 0.717) is 16.3 Å². The molecule has 0 atom stereocenters. The van der Waals surface area contributed by atoms with Gasteiger partial charge in [0.25, 0.3) is 0 Å². The topological polar surface area (TPSA) is 67.6 Å². The summed E-state index contributed by atoms with van der Waals surface area (Å²) in [6, 6.07) is 14.7. The van der Waals surface area contributed by atoms with Crippen LogP contribution in [0, 0.1) is 11.3 Å². The molecule has 2 N–H and O–H groups in total. The van der Waals surface area contributed by atoms with Crippen LogP contribution < -0.4 is 5.73 Å². The van der Waals surface area contributed by atoms with Crippen LogP contribution in [-0.2, 0) is 0 Å². The van der Waals surface area contributed by atoms with Gasteiger partial charge < -0.3 is 5.73 Å². The largest absolute Gasteiger partial charge is 0.399 e. The maximum Gasteiger partial charge on any atom is 0.144 e. The number of rotatable bonds is 2. The molecule has 0 aliphatic heterocycles. The van der Waals surface area contributed by atoms with Gasteiger partial charge in [-0.1, -0.05) is 11.6 Å². The average molecular weight is 295 g/mol.